The average molecular weight is 346 g/mol. The predicted molar refractivity (Wildman–Crippen MR) is 93.2 cm³/mol. The van der Waals surface area contributed by atoms with Gasteiger partial charge in [0, 0.05) is 11.6 Å². The zero-order chi connectivity index (χ0) is 17.9. The minimum atomic E-state index is 0.345. The van der Waals surface area contributed by atoms with Gasteiger partial charge in [-0.25, -0.2) is 0 Å². The molecule has 0 atom stereocenters. The van der Waals surface area contributed by atoms with Crippen LogP contribution in [0.1, 0.15) is 10.4 Å². The fraction of sp³-hybridized carbons (Fsp3) is 0.316. The van der Waals surface area contributed by atoms with Crippen molar-refractivity contribution in [3.63, 3.8) is 0 Å². The minimum absolute atomic E-state index is 0.345. The molecule has 0 amide bonds. The quantitative estimate of drug-likeness (QED) is 0.460. The van der Waals surface area contributed by atoms with Gasteiger partial charge in [-0.1, -0.05) is 6.07 Å². The van der Waals surface area contributed by atoms with Crippen LogP contribution < -0.4 is 18.9 Å². The molecule has 0 aliphatic rings. The van der Waals surface area contributed by atoms with E-state index in [0.717, 1.165) is 17.8 Å². The van der Waals surface area contributed by atoms with Gasteiger partial charge in [-0.2, -0.15) is 0 Å². The highest BCUT2D eigenvalue weighted by Gasteiger charge is 2.05. The van der Waals surface area contributed by atoms with Crippen molar-refractivity contribution in [1.82, 2.24) is 0 Å². The Kier molecular flexibility index (Phi) is 7.59. The summed E-state index contributed by atoms with van der Waals surface area (Å²) in [6, 6.07) is 12.4. The largest absolute Gasteiger partial charge is 0.497 e. The fourth-order valence-electron chi connectivity index (χ4n) is 2.10. The summed E-state index contributed by atoms with van der Waals surface area (Å²) in [6.45, 7) is 1.61. The van der Waals surface area contributed by atoms with Crippen molar-refractivity contribution in [2.24, 2.45) is 0 Å². The summed E-state index contributed by atoms with van der Waals surface area (Å²) in [7, 11) is 3.16. The second-order valence-corrected chi connectivity index (χ2v) is 5.02. The molecule has 6 heteroatoms. The van der Waals surface area contributed by atoms with E-state index in [-0.39, 0.29) is 0 Å². The molecular weight excluding hydrogens is 324 g/mol. The van der Waals surface area contributed by atoms with Gasteiger partial charge >= 0.3 is 0 Å². The Hall–Kier alpha value is -2.73. The van der Waals surface area contributed by atoms with E-state index in [1.807, 2.05) is 24.3 Å². The molecule has 0 heterocycles. The Balaban J connectivity index is 1.66. The third-order valence-corrected chi connectivity index (χ3v) is 3.35. The van der Waals surface area contributed by atoms with E-state index in [9.17, 15) is 4.79 Å². The molecule has 0 spiro atoms. The number of hydrogen-bond acceptors (Lipinski definition) is 6. The van der Waals surface area contributed by atoms with E-state index in [0.29, 0.717) is 43.5 Å². The molecule has 0 bridgehead atoms. The van der Waals surface area contributed by atoms with Crippen molar-refractivity contribution < 1.29 is 28.5 Å². The van der Waals surface area contributed by atoms with Crippen LogP contribution in [-0.4, -0.2) is 46.9 Å². The number of hydrogen-bond donors (Lipinski definition) is 0. The van der Waals surface area contributed by atoms with Crippen LogP contribution in [0.3, 0.4) is 0 Å². The van der Waals surface area contributed by atoms with Crippen LogP contribution in [0.4, 0.5) is 0 Å². The Morgan fingerprint density at radius 2 is 1.56 bits per heavy atom. The molecule has 2 aromatic carbocycles. The molecule has 0 radical (unpaired) electrons. The topological polar surface area (TPSA) is 63.2 Å². The zero-order valence-electron chi connectivity index (χ0n) is 14.4. The summed E-state index contributed by atoms with van der Waals surface area (Å²) in [4.78, 5) is 10.8. The van der Waals surface area contributed by atoms with E-state index in [2.05, 4.69) is 0 Å². The van der Waals surface area contributed by atoms with Crippen molar-refractivity contribution >= 4 is 6.29 Å². The van der Waals surface area contributed by atoms with Crippen LogP contribution in [0.2, 0.25) is 0 Å². The maximum Gasteiger partial charge on any atom is 0.161 e. The number of rotatable bonds is 11. The van der Waals surface area contributed by atoms with Crippen molar-refractivity contribution in [1.29, 1.82) is 0 Å². The first-order valence-electron chi connectivity index (χ1n) is 7.87. The van der Waals surface area contributed by atoms with Gasteiger partial charge in [0.15, 0.2) is 11.5 Å². The molecule has 6 nitrogen and oxygen atoms in total. The maximum atomic E-state index is 10.8. The second-order valence-electron chi connectivity index (χ2n) is 5.02. The molecular formula is C19H22O6. The normalized spacial score (nSPS) is 10.2. The highest BCUT2D eigenvalue weighted by Crippen LogP contribution is 2.27. The lowest BCUT2D eigenvalue weighted by molar-refractivity contribution is 0.0756. The first kappa shape index (κ1) is 18.6. The molecule has 0 N–H and O–H groups in total. The molecule has 2 aromatic rings. The highest BCUT2D eigenvalue weighted by atomic mass is 16.6. The number of carbonyl (C=O) groups excluding carboxylic acids is 1. The van der Waals surface area contributed by atoms with Crippen LogP contribution >= 0.6 is 0 Å². The zero-order valence-corrected chi connectivity index (χ0v) is 14.4. The molecule has 0 aromatic heterocycles. The van der Waals surface area contributed by atoms with Gasteiger partial charge in [0.05, 0.1) is 27.4 Å². The summed E-state index contributed by atoms with van der Waals surface area (Å²) < 4.78 is 27.0. The summed E-state index contributed by atoms with van der Waals surface area (Å²) in [5, 5.41) is 0. The predicted octanol–water partition coefficient (Wildman–Crippen LogP) is 2.99. The number of carbonyl (C=O) groups is 1. The lowest BCUT2D eigenvalue weighted by atomic mass is 10.2. The van der Waals surface area contributed by atoms with Crippen molar-refractivity contribution in [3.8, 4) is 23.0 Å². The molecule has 134 valence electrons. The van der Waals surface area contributed by atoms with Gasteiger partial charge in [0.2, 0.25) is 0 Å². The monoisotopic (exact) mass is 346 g/mol. The smallest absolute Gasteiger partial charge is 0.161 e. The van der Waals surface area contributed by atoms with Crippen molar-refractivity contribution in [2.45, 2.75) is 0 Å². The number of aldehydes is 1. The van der Waals surface area contributed by atoms with E-state index < -0.39 is 0 Å². The van der Waals surface area contributed by atoms with Crippen molar-refractivity contribution in [2.75, 3.05) is 40.6 Å². The lowest BCUT2D eigenvalue weighted by Gasteiger charge is -2.12. The average Bonchev–Trinajstić information content (AvgIpc) is 2.67. The molecule has 0 saturated carbocycles. The maximum absolute atomic E-state index is 10.8. The number of ether oxygens (including phenoxy) is 5. The van der Waals surface area contributed by atoms with Crippen LogP contribution in [0, 0.1) is 0 Å². The first-order chi connectivity index (χ1) is 12.3. The Morgan fingerprint density at radius 1 is 0.800 bits per heavy atom. The van der Waals surface area contributed by atoms with Gasteiger partial charge in [-0.05, 0) is 30.3 Å². The number of benzene rings is 2. The molecule has 2 rings (SSSR count). The van der Waals surface area contributed by atoms with Gasteiger partial charge in [-0.3, -0.25) is 4.79 Å². The van der Waals surface area contributed by atoms with E-state index >= 15 is 0 Å². The van der Waals surface area contributed by atoms with Crippen LogP contribution in [0.15, 0.2) is 42.5 Å². The SMILES string of the molecule is COc1cccc(OCCOCCOc2cc(C=O)ccc2OC)c1. The van der Waals surface area contributed by atoms with Gasteiger partial charge in [0.1, 0.15) is 31.0 Å². The Morgan fingerprint density at radius 3 is 2.28 bits per heavy atom. The summed E-state index contributed by atoms with van der Waals surface area (Å²) >= 11 is 0. The van der Waals surface area contributed by atoms with Crippen molar-refractivity contribution in [3.05, 3.63) is 48.0 Å². The van der Waals surface area contributed by atoms with Gasteiger partial charge < -0.3 is 23.7 Å². The van der Waals surface area contributed by atoms with Gasteiger partial charge in [0.25, 0.3) is 0 Å². The fourth-order valence-corrected chi connectivity index (χ4v) is 2.10. The van der Waals surface area contributed by atoms with Crippen LogP contribution in [0.5, 0.6) is 23.0 Å². The number of methoxy groups -OCH3 is 2. The van der Waals surface area contributed by atoms with Gasteiger partial charge in [-0.15, -0.1) is 0 Å². The molecule has 0 saturated heterocycles. The molecule has 0 aliphatic carbocycles. The Labute approximate surface area is 147 Å². The standard InChI is InChI=1S/C19H22O6/c1-21-16-4-3-5-17(13-16)24-10-8-23-9-11-25-19-12-15(14-20)6-7-18(19)22-2/h3-7,12-14H,8-11H2,1-2H3. The second kappa shape index (κ2) is 10.2. The summed E-state index contributed by atoms with van der Waals surface area (Å²) in [5.41, 5.74) is 0.531. The highest BCUT2D eigenvalue weighted by molar-refractivity contribution is 5.76. The molecule has 25 heavy (non-hydrogen) atoms. The summed E-state index contributed by atoms with van der Waals surface area (Å²) in [6.07, 6.45) is 0.763. The third kappa shape index (κ3) is 6.00. The lowest BCUT2D eigenvalue weighted by Crippen LogP contribution is -2.12. The molecule has 0 aliphatic heterocycles. The molecule has 0 fully saturated rings. The van der Waals surface area contributed by atoms with E-state index in [1.54, 1.807) is 32.4 Å². The molecule has 0 unspecified atom stereocenters. The Bertz CT molecular complexity index is 671. The first-order valence-corrected chi connectivity index (χ1v) is 7.87. The third-order valence-electron chi connectivity index (χ3n) is 3.35. The van der Waals surface area contributed by atoms with Crippen LogP contribution in [-0.2, 0) is 4.74 Å². The summed E-state index contributed by atoms with van der Waals surface area (Å²) in [5.74, 6) is 2.57. The van der Waals surface area contributed by atoms with E-state index in [1.165, 1.54) is 0 Å². The van der Waals surface area contributed by atoms with Crippen LogP contribution in [0.25, 0.3) is 0 Å². The van der Waals surface area contributed by atoms with E-state index in [4.69, 9.17) is 23.7 Å². The minimum Gasteiger partial charge on any atom is -0.497 e.